The first-order chi connectivity index (χ1) is 9.02. The highest BCUT2D eigenvalue weighted by atomic mass is 35.5. The van der Waals surface area contributed by atoms with Crippen LogP contribution < -0.4 is 10.3 Å². The Kier molecular flexibility index (Phi) is 3.85. The van der Waals surface area contributed by atoms with E-state index in [2.05, 4.69) is 4.98 Å². The molecule has 0 fully saturated rings. The van der Waals surface area contributed by atoms with Gasteiger partial charge in [-0.05, 0) is 19.1 Å². The van der Waals surface area contributed by atoms with Crippen LogP contribution in [0.2, 0.25) is 5.02 Å². The third kappa shape index (κ3) is 2.76. The van der Waals surface area contributed by atoms with Crippen LogP contribution in [0, 0.1) is 12.7 Å². The number of rotatable bonds is 3. The Labute approximate surface area is 114 Å². The van der Waals surface area contributed by atoms with Crippen molar-refractivity contribution < 1.29 is 9.13 Å². The van der Waals surface area contributed by atoms with Gasteiger partial charge in [-0.25, -0.2) is 9.37 Å². The summed E-state index contributed by atoms with van der Waals surface area (Å²) in [4.78, 5) is 16.0. The predicted molar refractivity (Wildman–Crippen MR) is 70.3 cm³/mol. The van der Waals surface area contributed by atoms with E-state index in [0.717, 1.165) is 0 Å². The first-order valence-corrected chi connectivity index (χ1v) is 5.96. The van der Waals surface area contributed by atoms with Crippen LogP contribution in [0.5, 0.6) is 6.01 Å². The molecule has 0 radical (unpaired) electrons. The van der Waals surface area contributed by atoms with Gasteiger partial charge in [0.25, 0.3) is 11.6 Å². The van der Waals surface area contributed by atoms with Crippen molar-refractivity contribution in [2.45, 2.75) is 13.5 Å². The van der Waals surface area contributed by atoms with E-state index in [1.807, 2.05) is 0 Å². The lowest BCUT2D eigenvalue weighted by molar-refractivity contribution is 0.349. The molecule has 0 N–H and O–H groups in total. The first kappa shape index (κ1) is 13.5. The van der Waals surface area contributed by atoms with E-state index in [0.29, 0.717) is 5.69 Å². The van der Waals surface area contributed by atoms with Crippen LogP contribution in [-0.2, 0) is 6.54 Å². The second-order valence-corrected chi connectivity index (χ2v) is 4.42. The van der Waals surface area contributed by atoms with Gasteiger partial charge in [0.2, 0.25) is 0 Å². The van der Waals surface area contributed by atoms with E-state index in [4.69, 9.17) is 16.3 Å². The lowest BCUT2D eigenvalue weighted by atomic mass is 10.2. The van der Waals surface area contributed by atoms with Gasteiger partial charge in [-0.3, -0.25) is 9.36 Å². The van der Waals surface area contributed by atoms with Gasteiger partial charge in [-0.2, -0.15) is 0 Å². The molecule has 1 heterocycles. The van der Waals surface area contributed by atoms with Gasteiger partial charge in [-0.1, -0.05) is 17.7 Å². The second-order valence-electron chi connectivity index (χ2n) is 4.01. The van der Waals surface area contributed by atoms with Gasteiger partial charge in [0, 0.05) is 22.3 Å². The van der Waals surface area contributed by atoms with Crippen LogP contribution in [0.1, 0.15) is 11.3 Å². The third-order valence-electron chi connectivity index (χ3n) is 2.66. The summed E-state index contributed by atoms with van der Waals surface area (Å²) in [5, 5.41) is 0.259. The van der Waals surface area contributed by atoms with Crippen LogP contribution in [0.25, 0.3) is 0 Å². The average Bonchev–Trinajstić information content (AvgIpc) is 2.35. The second kappa shape index (κ2) is 5.40. The summed E-state index contributed by atoms with van der Waals surface area (Å²) in [5.41, 5.74) is 0.455. The zero-order valence-corrected chi connectivity index (χ0v) is 11.2. The number of hydrogen-bond acceptors (Lipinski definition) is 3. The summed E-state index contributed by atoms with van der Waals surface area (Å²) >= 11 is 5.94. The number of nitrogens with zero attached hydrogens (tertiary/aromatic N) is 2. The van der Waals surface area contributed by atoms with Crippen molar-refractivity contribution >= 4 is 11.6 Å². The first-order valence-electron chi connectivity index (χ1n) is 5.58. The maximum absolute atomic E-state index is 13.7. The maximum Gasteiger partial charge on any atom is 0.299 e. The van der Waals surface area contributed by atoms with Crippen LogP contribution in [0.4, 0.5) is 4.39 Å². The Balaban J connectivity index is 2.52. The fourth-order valence-corrected chi connectivity index (χ4v) is 1.96. The van der Waals surface area contributed by atoms with Gasteiger partial charge in [0.05, 0.1) is 13.7 Å². The van der Waals surface area contributed by atoms with Crippen molar-refractivity contribution in [1.29, 1.82) is 0 Å². The minimum atomic E-state index is -0.470. The number of ether oxygens (including phenoxy) is 1. The molecule has 0 aliphatic carbocycles. The number of halogens is 2. The minimum Gasteiger partial charge on any atom is -0.468 e. The van der Waals surface area contributed by atoms with E-state index < -0.39 is 5.82 Å². The van der Waals surface area contributed by atoms with E-state index in [1.54, 1.807) is 13.0 Å². The van der Waals surface area contributed by atoms with Gasteiger partial charge in [0.15, 0.2) is 0 Å². The molecule has 0 aliphatic rings. The van der Waals surface area contributed by atoms with E-state index >= 15 is 0 Å². The van der Waals surface area contributed by atoms with Crippen LogP contribution in [0.3, 0.4) is 0 Å². The van der Waals surface area contributed by atoms with Gasteiger partial charge >= 0.3 is 0 Å². The number of aromatic nitrogens is 2. The highest BCUT2D eigenvalue weighted by molar-refractivity contribution is 6.31. The number of aryl methyl sites for hydroxylation is 1. The van der Waals surface area contributed by atoms with E-state index in [9.17, 15) is 9.18 Å². The highest BCUT2D eigenvalue weighted by Gasteiger charge is 2.13. The SMILES string of the molecule is COc1nc(C)cc(=O)n1Cc1c(F)cccc1Cl. The molecule has 0 saturated heterocycles. The maximum atomic E-state index is 13.7. The fourth-order valence-electron chi connectivity index (χ4n) is 1.74. The monoisotopic (exact) mass is 282 g/mol. The molecule has 0 amide bonds. The summed E-state index contributed by atoms with van der Waals surface area (Å²) in [7, 11) is 1.40. The Morgan fingerprint density at radius 2 is 2.21 bits per heavy atom. The normalized spacial score (nSPS) is 10.5. The van der Waals surface area contributed by atoms with Crippen molar-refractivity contribution in [3.8, 4) is 6.01 Å². The summed E-state index contributed by atoms with van der Waals surface area (Å²) in [6.07, 6.45) is 0. The van der Waals surface area contributed by atoms with Gasteiger partial charge in [-0.15, -0.1) is 0 Å². The minimum absolute atomic E-state index is 0.0270. The number of hydrogen-bond donors (Lipinski definition) is 0. The highest BCUT2D eigenvalue weighted by Crippen LogP contribution is 2.20. The lowest BCUT2D eigenvalue weighted by Crippen LogP contribution is -2.23. The number of methoxy groups -OCH3 is 1. The van der Waals surface area contributed by atoms with Crippen molar-refractivity contribution in [3.05, 3.63) is 56.7 Å². The Morgan fingerprint density at radius 3 is 2.84 bits per heavy atom. The Hall–Kier alpha value is -1.88. The molecule has 6 heteroatoms. The topological polar surface area (TPSA) is 44.1 Å². The molecular weight excluding hydrogens is 271 g/mol. The quantitative estimate of drug-likeness (QED) is 0.868. The molecule has 1 aromatic heterocycles. The van der Waals surface area contributed by atoms with Crippen LogP contribution in [-0.4, -0.2) is 16.7 Å². The zero-order valence-electron chi connectivity index (χ0n) is 10.5. The summed E-state index contributed by atoms with van der Waals surface area (Å²) in [6.45, 7) is 1.66. The zero-order chi connectivity index (χ0) is 14.0. The molecule has 0 atom stereocenters. The lowest BCUT2D eigenvalue weighted by Gasteiger charge is -2.12. The molecule has 0 aliphatic heterocycles. The fraction of sp³-hybridized carbons (Fsp3) is 0.231. The molecule has 100 valence electrons. The van der Waals surface area contributed by atoms with Crippen molar-refractivity contribution in [3.63, 3.8) is 0 Å². The molecule has 0 unspecified atom stereocenters. The molecule has 19 heavy (non-hydrogen) atoms. The smallest absolute Gasteiger partial charge is 0.299 e. The molecule has 4 nitrogen and oxygen atoms in total. The van der Waals surface area contributed by atoms with Crippen molar-refractivity contribution in [2.75, 3.05) is 7.11 Å². The molecule has 0 bridgehead atoms. The van der Waals surface area contributed by atoms with Gasteiger partial charge in [0.1, 0.15) is 5.82 Å². The summed E-state index contributed by atoms with van der Waals surface area (Å²) < 4.78 is 20.0. The predicted octanol–water partition coefficient (Wildman–Crippen LogP) is 2.40. The molecule has 0 spiro atoms. The standard InChI is InChI=1S/C13H12ClFN2O2/c1-8-6-12(18)17(13(16-8)19-2)7-9-10(14)4-3-5-11(9)15/h3-6H,7H2,1-2H3. The van der Waals surface area contributed by atoms with E-state index in [-0.39, 0.29) is 28.7 Å². The average molecular weight is 283 g/mol. The number of benzene rings is 1. The molecule has 2 rings (SSSR count). The summed E-state index contributed by atoms with van der Waals surface area (Å²) in [6, 6.07) is 5.86. The summed E-state index contributed by atoms with van der Waals surface area (Å²) in [5.74, 6) is -0.470. The van der Waals surface area contributed by atoms with E-state index in [1.165, 1.54) is 29.9 Å². The van der Waals surface area contributed by atoms with Crippen LogP contribution >= 0.6 is 11.6 Å². The molecular formula is C13H12ClFN2O2. The molecule has 1 aromatic carbocycles. The Bertz CT molecular complexity index is 650. The molecule has 0 saturated carbocycles. The largest absolute Gasteiger partial charge is 0.468 e. The molecule has 2 aromatic rings. The van der Waals surface area contributed by atoms with Crippen molar-refractivity contribution in [1.82, 2.24) is 9.55 Å². The van der Waals surface area contributed by atoms with Gasteiger partial charge < -0.3 is 4.74 Å². The van der Waals surface area contributed by atoms with Crippen LogP contribution in [0.15, 0.2) is 29.1 Å². The Morgan fingerprint density at radius 1 is 1.47 bits per heavy atom. The third-order valence-corrected chi connectivity index (χ3v) is 3.02. The van der Waals surface area contributed by atoms with Crippen molar-refractivity contribution in [2.24, 2.45) is 0 Å².